The molecule has 1 aromatic rings. The maximum atomic E-state index is 8.09. The molecule has 1 fully saturated rings. The van der Waals surface area contributed by atoms with Gasteiger partial charge in [-0.2, -0.15) is 0 Å². The fourth-order valence-electron chi connectivity index (χ4n) is 2.53. The molecule has 1 aromatic carbocycles. The highest BCUT2D eigenvalue weighted by molar-refractivity contribution is 5.52. The van der Waals surface area contributed by atoms with Crippen LogP contribution in [0.4, 0.5) is 5.69 Å². The molecule has 0 radical (unpaired) electrons. The molecule has 0 aliphatic carbocycles. The predicted molar refractivity (Wildman–Crippen MR) is 71.1 cm³/mol. The van der Waals surface area contributed by atoms with Crippen LogP contribution in [0.15, 0.2) is 30.9 Å². The normalized spacial score (nSPS) is 25.6. The number of benzene rings is 1. The minimum Gasteiger partial charge on any atom is -0.368 e. The van der Waals surface area contributed by atoms with Gasteiger partial charge in [0.05, 0.1) is 0 Å². The van der Waals surface area contributed by atoms with E-state index in [4.69, 9.17) is 1.37 Å². The van der Waals surface area contributed by atoms with E-state index in [2.05, 4.69) is 43.5 Å². The van der Waals surface area contributed by atoms with Crippen molar-refractivity contribution in [3.63, 3.8) is 0 Å². The first kappa shape index (κ1) is 9.95. The van der Waals surface area contributed by atoms with Crippen LogP contribution in [-0.4, -0.2) is 12.6 Å². The molecule has 0 saturated carbocycles. The Hall–Kier alpha value is -1.24. The van der Waals surface area contributed by atoms with Crippen LogP contribution >= 0.6 is 0 Å². The molecule has 0 bridgehead atoms. The van der Waals surface area contributed by atoms with E-state index in [0.717, 1.165) is 19.4 Å². The lowest BCUT2D eigenvalue weighted by molar-refractivity contribution is 0.678. The van der Waals surface area contributed by atoms with E-state index in [1.165, 1.54) is 16.8 Å². The molecule has 0 amide bonds. The van der Waals surface area contributed by atoms with Crippen molar-refractivity contribution in [3.8, 4) is 0 Å². The smallest absolute Gasteiger partial charge is 0.0374 e. The highest BCUT2D eigenvalue weighted by Crippen LogP contribution is 2.28. The first-order valence-electron chi connectivity index (χ1n) is 6.57. The van der Waals surface area contributed by atoms with Crippen molar-refractivity contribution in [1.29, 1.82) is 0 Å². The number of nitrogens with zero attached hydrogens (tertiary/aromatic N) is 1. The third-order valence-corrected chi connectivity index (χ3v) is 3.16. The van der Waals surface area contributed by atoms with Gasteiger partial charge < -0.3 is 4.90 Å². The van der Waals surface area contributed by atoms with E-state index in [1.807, 2.05) is 6.08 Å². The maximum absolute atomic E-state index is 8.09. The Morgan fingerprint density at radius 1 is 1.44 bits per heavy atom. The van der Waals surface area contributed by atoms with Crippen molar-refractivity contribution < 1.29 is 1.37 Å². The zero-order valence-corrected chi connectivity index (χ0v) is 10.2. The summed E-state index contributed by atoms with van der Waals surface area (Å²) < 4.78 is 8.09. The standard InChI is InChI=1S/C15H21N/c1-4-6-14-7-5-8-16(14)15-10-12(2)9-13(3)11-15/h4,9-11,14H,1,5-8H2,2-3H3/i7D. The Balaban J connectivity index is 2.28. The molecule has 1 heteroatoms. The molecule has 0 aromatic heterocycles. The Labute approximate surface area is 100 Å². The number of aryl methyl sites for hydroxylation is 2. The van der Waals surface area contributed by atoms with Gasteiger partial charge in [-0.1, -0.05) is 12.1 Å². The Kier molecular flexibility index (Phi) is 2.94. The third kappa shape index (κ3) is 2.29. The minimum absolute atomic E-state index is 0.0221. The summed E-state index contributed by atoms with van der Waals surface area (Å²) in [6.07, 6.45) is 3.83. The molecule has 1 aliphatic rings. The molecular weight excluding hydrogens is 194 g/mol. The monoisotopic (exact) mass is 216 g/mol. The van der Waals surface area contributed by atoms with Gasteiger partial charge >= 0.3 is 0 Å². The van der Waals surface area contributed by atoms with Crippen molar-refractivity contribution in [1.82, 2.24) is 0 Å². The zero-order valence-electron chi connectivity index (χ0n) is 11.2. The quantitative estimate of drug-likeness (QED) is 0.694. The largest absolute Gasteiger partial charge is 0.368 e. The summed E-state index contributed by atoms with van der Waals surface area (Å²) in [5.74, 6) is 0. The topological polar surface area (TPSA) is 3.24 Å². The number of rotatable bonds is 3. The van der Waals surface area contributed by atoms with Crippen molar-refractivity contribution >= 4 is 5.69 Å². The Morgan fingerprint density at radius 3 is 2.75 bits per heavy atom. The summed E-state index contributed by atoms with van der Waals surface area (Å²) in [7, 11) is 0. The van der Waals surface area contributed by atoms with E-state index < -0.39 is 0 Å². The highest BCUT2D eigenvalue weighted by atomic mass is 15.2. The molecule has 1 heterocycles. The maximum Gasteiger partial charge on any atom is 0.0374 e. The fourth-order valence-corrected chi connectivity index (χ4v) is 2.53. The highest BCUT2D eigenvalue weighted by Gasteiger charge is 2.23. The molecule has 16 heavy (non-hydrogen) atoms. The van der Waals surface area contributed by atoms with Crippen LogP contribution < -0.4 is 4.90 Å². The number of anilines is 1. The minimum atomic E-state index is 0.0221. The van der Waals surface area contributed by atoms with Gasteiger partial charge in [0.25, 0.3) is 0 Å². The lowest BCUT2D eigenvalue weighted by Gasteiger charge is -2.26. The average Bonchev–Trinajstić information content (AvgIpc) is 2.60. The summed E-state index contributed by atoms with van der Waals surface area (Å²) in [4.78, 5) is 2.37. The van der Waals surface area contributed by atoms with Crippen LogP contribution in [-0.2, 0) is 0 Å². The zero-order chi connectivity index (χ0) is 12.4. The van der Waals surface area contributed by atoms with Crippen molar-refractivity contribution in [2.24, 2.45) is 0 Å². The first-order chi connectivity index (χ1) is 8.11. The summed E-state index contributed by atoms with van der Waals surface area (Å²) >= 11 is 0. The second-order valence-electron chi connectivity index (χ2n) is 4.66. The lowest BCUT2D eigenvalue weighted by atomic mass is 10.1. The van der Waals surface area contributed by atoms with E-state index in [1.54, 1.807) is 0 Å². The van der Waals surface area contributed by atoms with Crippen LogP contribution in [0, 0.1) is 13.8 Å². The first-order valence-corrected chi connectivity index (χ1v) is 6.00. The molecule has 1 saturated heterocycles. The second-order valence-corrected chi connectivity index (χ2v) is 4.66. The van der Waals surface area contributed by atoms with Crippen molar-refractivity contribution in [2.75, 3.05) is 11.4 Å². The lowest BCUT2D eigenvalue weighted by Crippen LogP contribution is -2.28. The van der Waals surface area contributed by atoms with Crippen LogP contribution in [0.25, 0.3) is 0 Å². The molecule has 2 rings (SSSR count). The van der Waals surface area contributed by atoms with Crippen LogP contribution in [0.1, 0.15) is 31.7 Å². The molecule has 86 valence electrons. The summed E-state index contributed by atoms with van der Waals surface area (Å²) in [6.45, 7) is 9.07. The SMILES string of the molecule is [2H]C1CCN(c2cc(C)cc(C)c2)C1CC=C. The van der Waals surface area contributed by atoms with E-state index >= 15 is 0 Å². The van der Waals surface area contributed by atoms with Crippen LogP contribution in [0.5, 0.6) is 0 Å². The summed E-state index contributed by atoms with van der Waals surface area (Å²) in [5, 5.41) is 0. The van der Waals surface area contributed by atoms with E-state index in [9.17, 15) is 0 Å². The molecule has 2 atom stereocenters. The Morgan fingerprint density at radius 2 is 2.12 bits per heavy atom. The molecule has 1 aliphatic heterocycles. The molecule has 2 unspecified atom stereocenters. The third-order valence-electron chi connectivity index (χ3n) is 3.16. The van der Waals surface area contributed by atoms with Gasteiger partial charge in [-0.3, -0.25) is 0 Å². The molecular formula is C15H21N. The molecule has 0 N–H and O–H groups in total. The predicted octanol–water partition coefficient (Wildman–Crippen LogP) is 3.85. The van der Waals surface area contributed by atoms with E-state index in [-0.39, 0.29) is 6.40 Å². The van der Waals surface area contributed by atoms with Crippen molar-refractivity contribution in [3.05, 3.63) is 42.0 Å². The number of hydrogen-bond acceptors (Lipinski definition) is 1. The van der Waals surface area contributed by atoms with Gasteiger partial charge in [0.15, 0.2) is 0 Å². The Bertz CT molecular complexity index is 393. The summed E-state index contributed by atoms with van der Waals surface area (Å²) in [6, 6.07) is 6.94. The van der Waals surface area contributed by atoms with Crippen LogP contribution in [0.3, 0.4) is 0 Å². The average molecular weight is 216 g/mol. The van der Waals surface area contributed by atoms with Gasteiger partial charge in [0, 0.05) is 19.6 Å². The van der Waals surface area contributed by atoms with Gasteiger partial charge in [0.2, 0.25) is 0 Å². The molecule has 0 spiro atoms. The van der Waals surface area contributed by atoms with Gasteiger partial charge in [0.1, 0.15) is 0 Å². The molecule has 1 nitrogen and oxygen atoms in total. The van der Waals surface area contributed by atoms with Crippen molar-refractivity contribution in [2.45, 2.75) is 39.1 Å². The van der Waals surface area contributed by atoms with Crippen LogP contribution in [0.2, 0.25) is 0 Å². The van der Waals surface area contributed by atoms with Gasteiger partial charge in [-0.25, -0.2) is 0 Å². The summed E-state index contributed by atoms with van der Waals surface area (Å²) in [5.41, 5.74) is 3.86. The second kappa shape index (κ2) is 4.73. The van der Waals surface area contributed by atoms with E-state index in [0.29, 0.717) is 6.04 Å². The van der Waals surface area contributed by atoms with Gasteiger partial charge in [-0.15, -0.1) is 6.58 Å². The number of hydrogen-bond donors (Lipinski definition) is 0. The fraction of sp³-hybridized carbons (Fsp3) is 0.467. The van der Waals surface area contributed by atoms with Gasteiger partial charge in [-0.05, 0) is 56.3 Å².